The van der Waals surface area contributed by atoms with Gasteiger partial charge in [0, 0.05) is 11.4 Å². The number of rotatable bonds is 3. The Hall–Kier alpha value is -3.60. The number of fused-ring (bicyclic) bond motifs is 1. The van der Waals surface area contributed by atoms with Crippen LogP contribution in [-0.4, -0.2) is 17.7 Å². The third kappa shape index (κ3) is 3.15. The molecule has 4 rings (SSSR count). The van der Waals surface area contributed by atoms with E-state index in [-0.39, 0.29) is 5.91 Å². The highest BCUT2D eigenvalue weighted by Crippen LogP contribution is 2.29. The molecule has 4 N–H and O–H groups in total. The highest BCUT2D eigenvalue weighted by Gasteiger charge is 2.29. The van der Waals surface area contributed by atoms with Crippen LogP contribution >= 0.6 is 0 Å². The largest absolute Gasteiger partial charge is 0.399 e. The van der Waals surface area contributed by atoms with Gasteiger partial charge in [-0.2, -0.15) is 0 Å². The molecule has 0 radical (unpaired) electrons. The van der Waals surface area contributed by atoms with Gasteiger partial charge in [-0.15, -0.1) is 0 Å². The predicted octanol–water partition coefficient (Wildman–Crippen LogP) is 3.82. The van der Waals surface area contributed by atoms with E-state index in [0.717, 1.165) is 16.9 Å². The standard InChI is InChI=1S/C21H18N4O/c22-15-10-12-16(13-11-15)23-20-19(14-6-2-1-3-7-14)24-17-8-4-5-9-18(17)25-21(20)26/h1-13,20,23H,22H2,(H,25,26). The second kappa shape index (κ2) is 6.72. The van der Waals surface area contributed by atoms with Crippen LogP contribution in [0.3, 0.4) is 0 Å². The fraction of sp³-hybridized carbons (Fsp3) is 0.0476. The molecule has 5 heteroatoms. The number of nitrogen functional groups attached to an aromatic ring is 1. The summed E-state index contributed by atoms with van der Waals surface area (Å²) in [5, 5.41) is 6.25. The molecule has 0 spiro atoms. The number of anilines is 3. The number of nitrogens with zero attached hydrogens (tertiary/aromatic N) is 1. The van der Waals surface area contributed by atoms with Gasteiger partial charge in [-0.25, -0.2) is 4.99 Å². The van der Waals surface area contributed by atoms with E-state index in [1.54, 1.807) is 12.1 Å². The van der Waals surface area contributed by atoms with E-state index in [4.69, 9.17) is 10.7 Å². The number of aliphatic imine (C=N–C) groups is 1. The summed E-state index contributed by atoms with van der Waals surface area (Å²) < 4.78 is 0. The number of carbonyl (C=O) groups excluding carboxylic acids is 1. The first-order valence-electron chi connectivity index (χ1n) is 8.37. The summed E-state index contributed by atoms with van der Waals surface area (Å²) in [6, 6.07) is 23.9. The molecule has 1 aliphatic heterocycles. The van der Waals surface area contributed by atoms with Crippen LogP contribution in [0.15, 0.2) is 83.9 Å². The molecule has 3 aromatic rings. The second-order valence-electron chi connectivity index (χ2n) is 6.07. The van der Waals surface area contributed by atoms with Gasteiger partial charge in [0.2, 0.25) is 0 Å². The molecule has 1 atom stereocenters. The lowest BCUT2D eigenvalue weighted by molar-refractivity contribution is -0.115. The van der Waals surface area contributed by atoms with Crippen LogP contribution in [0.1, 0.15) is 5.56 Å². The summed E-state index contributed by atoms with van der Waals surface area (Å²) in [6.45, 7) is 0. The molecule has 0 bridgehead atoms. The summed E-state index contributed by atoms with van der Waals surface area (Å²) in [5.41, 5.74) is 10.2. The van der Waals surface area contributed by atoms with E-state index in [9.17, 15) is 4.79 Å². The molecule has 1 amide bonds. The van der Waals surface area contributed by atoms with Gasteiger partial charge in [0.15, 0.2) is 0 Å². The highest BCUT2D eigenvalue weighted by atomic mass is 16.2. The van der Waals surface area contributed by atoms with Crippen LogP contribution in [0.5, 0.6) is 0 Å². The van der Waals surface area contributed by atoms with Gasteiger partial charge in [0.05, 0.1) is 17.1 Å². The molecule has 1 unspecified atom stereocenters. The van der Waals surface area contributed by atoms with Gasteiger partial charge in [0.25, 0.3) is 5.91 Å². The fourth-order valence-electron chi connectivity index (χ4n) is 2.92. The number of benzene rings is 3. The first-order valence-corrected chi connectivity index (χ1v) is 8.37. The van der Waals surface area contributed by atoms with Crippen molar-refractivity contribution in [3.8, 4) is 0 Å². The van der Waals surface area contributed by atoms with Crippen molar-refractivity contribution in [2.75, 3.05) is 16.4 Å². The van der Waals surface area contributed by atoms with Gasteiger partial charge in [-0.3, -0.25) is 4.79 Å². The van der Waals surface area contributed by atoms with E-state index in [0.29, 0.717) is 17.1 Å². The zero-order valence-corrected chi connectivity index (χ0v) is 14.0. The van der Waals surface area contributed by atoms with Crippen molar-refractivity contribution in [1.82, 2.24) is 0 Å². The Morgan fingerprint density at radius 1 is 0.885 bits per heavy atom. The first kappa shape index (κ1) is 15.9. The SMILES string of the molecule is Nc1ccc(NC2C(=O)Nc3ccccc3N=C2c2ccccc2)cc1. The van der Waals surface area contributed by atoms with Crippen LogP contribution in [0, 0.1) is 0 Å². The minimum absolute atomic E-state index is 0.158. The van der Waals surface area contributed by atoms with Crippen LogP contribution in [0.25, 0.3) is 0 Å². The molecule has 1 heterocycles. The van der Waals surface area contributed by atoms with Crippen molar-refractivity contribution in [2.45, 2.75) is 6.04 Å². The molecule has 26 heavy (non-hydrogen) atoms. The van der Waals surface area contributed by atoms with Crippen molar-refractivity contribution >= 4 is 34.4 Å². The average molecular weight is 342 g/mol. The summed E-state index contributed by atoms with van der Waals surface area (Å²) in [7, 11) is 0. The Bertz CT molecular complexity index is 965. The molecular weight excluding hydrogens is 324 g/mol. The van der Waals surface area contributed by atoms with E-state index in [1.165, 1.54) is 0 Å². The molecule has 0 saturated carbocycles. The zero-order chi connectivity index (χ0) is 17.9. The summed E-state index contributed by atoms with van der Waals surface area (Å²) in [5.74, 6) is -0.158. The Morgan fingerprint density at radius 3 is 2.35 bits per heavy atom. The minimum atomic E-state index is -0.631. The van der Waals surface area contributed by atoms with Gasteiger partial charge >= 0.3 is 0 Å². The van der Waals surface area contributed by atoms with E-state index < -0.39 is 6.04 Å². The molecule has 0 aromatic heterocycles. The van der Waals surface area contributed by atoms with Crippen LogP contribution in [0.4, 0.5) is 22.7 Å². The second-order valence-corrected chi connectivity index (χ2v) is 6.07. The minimum Gasteiger partial charge on any atom is -0.399 e. The number of nitrogens with one attached hydrogen (secondary N) is 2. The Balaban J connectivity index is 1.80. The van der Waals surface area contributed by atoms with Gasteiger partial charge in [-0.05, 0) is 42.0 Å². The van der Waals surface area contributed by atoms with E-state index in [2.05, 4.69) is 10.6 Å². The zero-order valence-electron chi connectivity index (χ0n) is 14.0. The lowest BCUT2D eigenvalue weighted by atomic mass is 10.0. The lowest BCUT2D eigenvalue weighted by Gasteiger charge is -2.19. The number of hydrogen-bond donors (Lipinski definition) is 3. The Morgan fingerprint density at radius 2 is 1.58 bits per heavy atom. The summed E-state index contributed by atoms with van der Waals surface area (Å²) in [4.78, 5) is 17.8. The number of nitrogens with two attached hydrogens (primary N) is 1. The monoisotopic (exact) mass is 342 g/mol. The maximum absolute atomic E-state index is 13.0. The van der Waals surface area contributed by atoms with Gasteiger partial charge in [-0.1, -0.05) is 42.5 Å². The highest BCUT2D eigenvalue weighted by molar-refractivity contribution is 6.23. The maximum atomic E-state index is 13.0. The number of amides is 1. The van der Waals surface area contributed by atoms with E-state index in [1.807, 2.05) is 66.7 Å². The maximum Gasteiger partial charge on any atom is 0.253 e. The molecule has 0 fully saturated rings. The van der Waals surface area contributed by atoms with Crippen molar-refractivity contribution in [1.29, 1.82) is 0 Å². The third-order valence-electron chi connectivity index (χ3n) is 4.23. The van der Waals surface area contributed by atoms with Crippen LogP contribution in [-0.2, 0) is 4.79 Å². The number of para-hydroxylation sites is 2. The van der Waals surface area contributed by atoms with Crippen molar-refractivity contribution in [2.24, 2.45) is 4.99 Å². The lowest BCUT2D eigenvalue weighted by Crippen LogP contribution is -2.41. The quantitative estimate of drug-likeness (QED) is 0.633. The number of hydrogen-bond acceptors (Lipinski definition) is 4. The van der Waals surface area contributed by atoms with Crippen molar-refractivity contribution in [3.05, 3.63) is 84.4 Å². The molecule has 0 aliphatic carbocycles. The van der Waals surface area contributed by atoms with Crippen molar-refractivity contribution in [3.63, 3.8) is 0 Å². The normalized spacial score (nSPS) is 16.1. The molecule has 128 valence electrons. The van der Waals surface area contributed by atoms with Crippen LogP contribution in [0.2, 0.25) is 0 Å². The molecular formula is C21H18N4O. The molecule has 3 aromatic carbocycles. The van der Waals surface area contributed by atoms with Crippen LogP contribution < -0.4 is 16.4 Å². The van der Waals surface area contributed by atoms with E-state index >= 15 is 0 Å². The van der Waals surface area contributed by atoms with Gasteiger partial charge in [0.1, 0.15) is 6.04 Å². The average Bonchev–Trinajstić information content (AvgIpc) is 2.81. The Kier molecular flexibility index (Phi) is 4.11. The number of carbonyl (C=O) groups is 1. The smallest absolute Gasteiger partial charge is 0.253 e. The first-order chi connectivity index (χ1) is 12.7. The molecule has 1 aliphatic rings. The van der Waals surface area contributed by atoms with Gasteiger partial charge < -0.3 is 16.4 Å². The topological polar surface area (TPSA) is 79.5 Å². The third-order valence-corrected chi connectivity index (χ3v) is 4.23. The fourth-order valence-corrected chi connectivity index (χ4v) is 2.92. The molecule has 5 nitrogen and oxygen atoms in total. The predicted molar refractivity (Wildman–Crippen MR) is 106 cm³/mol. The summed E-state index contributed by atoms with van der Waals surface area (Å²) in [6.07, 6.45) is 0. The van der Waals surface area contributed by atoms with Crippen molar-refractivity contribution < 1.29 is 4.79 Å². The Labute approximate surface area is 151 Å². The molecule has 0 saturated heterocycles. The summed E-state index contributed by atoms with van der Waals surface area (Å²) >= 11 is 0.